The van der Waals surface area contributed by atoms with Gasteiger partial charge in [0.2, 0.25) is 5.91 Å². The van der Waals surface area contributed by atoms with Crippen LogP contribution in [0.2, 0.25) is 10.0 Å². The number of carboxylic acids is 1. The van der Waals surface area contributed by atoms with Crippen molar-refractivity contribution in [2.75, 3.05) is 66.3 Å². The molecule has 0 aliphatic carbocycles. The molecule has 0 saturated carbocycles. The highest BCUT2D eigenvalue weighted by molar-refractivity contribution is 6.34. The van der Waals surface area contributed by atoms with Crippen molar-refractivity contribution in [3.05, 3.63) is 75.9 Å². The number of ether oxygens (including phenoxy) is 5. The molecule has 5 N–H and O–H groups in total. The number of nitrogens with zero attached hydrogens (tertiary/aromatic N) is 3. The highest BCUT2D eigenvalue weighted by Crippen LogP contribution is 2.47. The molecule has 1 fully saturated rings. The summed E-state index contributed by atoms with van der Waals surface area (Å²) < 4.78 is 31.1. The summed E-state index contributed by atoms with van der Waals surface area (Å²) in [6.07, 6.45) is 0.500. The van der Waals surface area contributed by atoms with Gasteiger partial charge in [-0.15, -0.1) is 0 Å². The van der Waals surface area contributed by atoms with Crippen molar-refractivity contribution in [3.8, 4) is 45.3 Å². The Morgan fingerprint density at radius 3 is 2.56 bits per heavy atom. The maximum Gasteiger partial charge on any atom is 0.303 e. The van der Waals surface area contributed by atoms with Crippen LogP contribution in [-0.2, 0) is 25.7 Å². The van der Waals surface area contributed by atoms with Crippen molar-refractivity contribution in [2.24, 2.45) is 5.73 Å². The van der Waals surface area contributed by atoms with E-state index >= 15 is 0 Å². The number of morpholine rings is 1. The average molecular weight is 854 g/mol. The summed E-state index contributed by atoms with van der Waals surface area (Å²) in [6.45, 7) is 7.43. The number of halogens is 2. The number of nitrogens with two attached hydrogens (primary N) is 1. The predicted octanol–water partition coefficient (Wildman–Crippen LogP) is 5.35. The fourth-order valence-electron chi connectivity index (χ4n) is 7.09. The zero-order valence-electron chi connectivity index (χ0n) is 33.4. The van der Waals surface area contributed by atoms with Crippen LogP contribution in [0.1, 0.15) is 49.2 Å². The molecule has 15 nitrogen and oxygen atoms in total. The lowest BCUT2D eigenvalue weighted by Gasteiger charge is -2.41. The second-order valence-electron chi connectivity index (χ2n) is 14.7. The van der Waals surface area contributed by atoms with Crippen LogP contribution >= 0.6 is 23.2 Å². The smallest absolute Gasteiger partial charge is 0.303 e. The third-order valence-electron chi connectivity index (χ3n) is 9.99. The van der Waals surface area contributed by atoms with E-state index in [1.54, 1.807) is 34.9 Å². The highest BCUT2D eigenvalue weighted by atomic mass is 35.5. The number of fused-ring (bicyclic) bond motifs is 3. The maximum atomic E-state index is 14.3. The number of aromatic nitrogens is 2. The molecule has 316 valence electrons. The van der Waals surface area contributed by atoms with Crippen LogP contribution in [-0.4, -0.2) is 115 Å². The first-order valence-electron chi connectivity index (χ1n) is 19.5. The Morgan fingerprint density at radius 1 is 1.03 bits per heavy atom. The number of methoxy groups -OCH3 is 1. The monoisotopic (exact) mass is 852 g/mol. The summed E-state index contributed by atoms with van der Waals surface area (Å²) >= 11 is 13.0. The van der Waals surface area contributed by atoms with Crippen LogP contribution < -0.4 is 30.6 Å². The van der Waals surface area contributed by atoms with Gasteiger partial charge in [-0.2, -0.15) is 5.10 Å². The Balaban J connectivity index is 1.22. The number of hydrogen-bond acceptors (Lipinski definition) is 11. The van der Waals surface area contributed by atoms with E-state index in [-0.39, 0.29) is 37.0 Å². The minimum absolute atomic E-state index is 0.0957. The van der Waals surface area contributed by atoms with E-state index in [1.807, 2.05) is 50.2 Å². The molecule has 4 aromatic rings. The molecule has 0 unspecified atom stereocenters. The molecule has 6 rings (SSSR count). The molecule has 0 spiro atoms. The quantitative estimate of drug-likeness (QED) is 0.0888. The van der Waals surface area contributed by atoms with Gasteiger partial charge in [-0.05, 0) is 68.7 Å². The Bertz CT molecular complexity index is 2120. The van der Waals surface area contributed by atoms with Gasteiger partial charge in [-0.3, -0.25) is 14.4 Å². The first-order chi connectivity index (χ1) is 28.4. The number of aliphatic carboxylic acids is 1. The van der Waals surface area contributed by atoms with Crippen LogP contribution in [0.5, 0.6) is 17.2 Å². The molecule has 0 radical (unpaired) electrons. The molecule has 2 aliphatic rings. The standard InChI is InChI=1S/C42H50Cl2N6O9/c1-42(2)25-57-17-13-49(42)41(54)38-33-24-59-36-23-35(55-3)31(22-32(36)39(33)50(48-38)29-20-27(43)19-28(44)21-29)26-6-4-7-30(18-26)58-14-5-11-47-40(53)34(8-9-37(51)52)46-12-16-56-15-10-45/h4,6-7,18-23,34,46H,5,8-17,24-25,45H2,1-3H3,(H,47,53)(H,51,52)/t34-/m1/s1. The van der Waals surface area contributed by atoms with Gasteiger partial charge in [0.05, 0.1) is 63.1 Å². The third-order valence-corrected chi connectivity index (χ3v) is 10.4. The van der Waals surface area contributed by atoms with Crippen molar-refractivity contribution in [1.29, 1.82) is 0 Å². The van der Waals surface area contributed by atoms with Gasteiger partial charge in [0, 0.05) is 65.4 Å². The summed E-state index contributed by atoms with van der Waals surface area (Å²) in [7, 11) is 1.59. The van der Waals surface area contributed by atoms with Gasteiger partial charge in [0.15, 0.2) is 5.69 Å². The number of carbonyl (C=O) groups excluding carboxylic acids is 2. The van der Waals surface area contributed by atoms with Crippen molar-refractivity contribution >= 4 is 41.0 Å². The largest absolute Gasteiger partial charge is 0.496 e. The average Bonchev–Trinajstić information content (AvgIpc) is 3.61. The van der Waals surface area contributed by atoms with Crippen LogP contribution in [0.25, 0.3) is 28.1 Å². The van der Waals surface area contributed by atoms with Crippen molar-refractivity contribution < 1.29 is 43.2 Å². The van der Waals surface area contributed by atoms with E-state index in [0.29, 0.717) is 115 Å². The molecule has 59 heavy (non-hydrogen) atoms. The predicted molar refractivity (Wildman–Crippen MR) is 223 cm³/mol. The summed E-state index contributed by atoms with van der Waals surface area (Å²) in [4.78, 5) is 40.2. The Hall–Kier alpha value is -4.90. The first-order valence-corrected chi connectivity index (χ1v) is 20.2. The zero-order valence-corrected chi connectivity index (χ0v) is 34.9. The van der Waals surface area contributed by atoms with E-state index < -0.39 is 17.6 Å². The van der Waals surface area contributed by atoms with E-state index in [2.05, 4.69) is 10.6 Å². The molecular formula is C42H50Cl2N6O9. The molecule has 1 atom stereocenters. The van der Waals surface area contributed by atoms with Crippen LogP contribution in [0, 0.1) is 0 Å². The molecule has 17 heteroatoms. The van der Waals surface area contributed by atoms with Gasteiger partial charge < -0.3 is 50.1 Å². The summed E-state index contributed by atoms with van der Waals surface area (Å²) in [5.41, 5.74) is 9.26. The maximum absolute atomic E-state index is 14.3. The van der Waals surface area contributed by atoms with Crippen molar-refractivity contribution in [3.63, 3.8) is 0 Å². The van der Waals surface area contributed by atoms with Crippen LogP contribution in [0.4, 0.5) is 0 Å². The number of amides is 2. The number of rotatable bonds is 19. The zero-order chi connectivity index (χ0) is 42.1. The Labute approximate surface area is 353 Å². The number of carboxylic acid groups (broad SMARTS) is 1. The molecule has 2 aliphatic heterocycles. The fraction of sp³-hybridized carbons (Fsp3) is 0.429. The van der Waals surface area contributed by atoms with Gasteiger partial charge in [-0.1, -0.05) is 35.3 Å². The lowest BCUT2D eigenvalue weighted by molar-refractivity contribution is -0.137. The van der Waals surface area contributed by atoms with Crippen molar-refractivity contribution in [2.45, 2.75) is 51.3 Å². The number of benzene rings is 3. The normalized spacial score (nSPS) is 14.8. The lowest BCUT2D eigenvalue weighted by atomic mass is 9.95. The topological polar surface area (TPSA) is 189 Å². The summed E-state index contributed by atoms with van der Waals surface area (Å²) in [5.74, 6) is 0.212. The van der Waals surface area contributed by atoms with Crippen LogP contribution in [0.3, 0.4) is 0 Å². The molecule has 0 bridgehead atoms. The molecular weight excluding hydrogens is 803 g/mol. The lowest BCUT2D eigenvalue weighted by Crippen LogP contribution is -2.55. The minimum atomic E-state index is -0.977. The van der Waals surface area contributed by atoms with E-state index in [9.17, 15) is 14.4 Å². The van der Waals surface area contributed by atoms with Gasteiger partial charge in [0.25, 0.3) is 5.91 Å². The molecule has 1 aromatic heterocycles. The Kier molecular flexibility index (Phi) is 14.7. The van der Waals surface area contributed by atoms with Gasteiger partial charge in [-0.25, -0.2) is 4.68 Å². The minimum Gasteiger partial charge on any atom is -0.496 e. The van der Waals surface area contributed by atoms with Gasteiger partial charge >= 0.3 is 5.97 Å². The van der Waals surface area contributed by atoms with Crippen molar-refractivity contribution in [1.82, 2.24) is 25.3 Å². The number of nitrogens with one attached hydrogen (secondary N) is 2. The molecule has 3 aromatic carbocycles. The first kappa shape index (κ1) is 43.7. The van der Waals surface area contributed by atoms with E-state index in [1.165, 1.54) is 0 Å². The molecule has 1 saturated heterocycles. The number of carbonyl (C=O) groups is 3. The third kappa shape index (κ3) is 10.7. The van der Waals surface area contributed by atoms with E-state index in [4.69, 9.17) is 62.8 Å². The number of hydrogen-bond donors (Lipinski definition) is 4. The second kappa shape index (κ2) is 19.9. The highest BCUT2D eigenvalue weighted by Gasteiger charge is 2.39. The summed E-state index contributed by atoms with van der Waals surface area (Å²) in [5, 5.41) is 20.8. The molecule has 3 heterocycles. The summed E-state index contributed by atoms with van der Waals surface area (Å²) in [6, 6.07) is 15.8. The van der Waals surface area contributed by atoms with Crippen LogP contribution in [0.15, 0.2) is 54.6 Å². The van der Waals surface area contributed by atoms with E-state index in [0.717, 1.165) is 11.1 Å². The second-order valence-corrected chi connectivity index (χ2v) is 15.6. The Morgan fingerprint density at radius 2 is 1.83 bits per heavy atom. The van der Waals surface area contributed by atoms with Gasteiger partial charge in [0.1, 0.15) is 23.9 Å². The molecule has 2 amide bonds. The SMILES string of the molecule is COc1cc2c(cc1-c1cccc(OCCCNC(=O)[C@@H](CCC(=O)O)NCCOCCN)c1)-c1c(c(C(=O)N3CCOCC3(C)C)nn1-c1cc(Cl)cc(Cl)c1)CO2. The fourth-order valence-corrected chi connectivity index (χ4v) is 7.61.